The maximum Gasteiger partial charge on any atom is 0.407 e. The van der Waals surface area contributed by atoms with Crippen LogP contribution in [-0.4, -0.2) is 63.8 Å². The van der Waals surface area contributed by atoms with E-state index in [2.05, 4.69) is 0 Å². The number of benzene rings is 2. The van der Waals surface area contributed by atoms with Gasteiger partial charge in [0.15, 0.2) is 5.75 Å². The Bertz CT molecular complexity index is 1030. The van der Waals surface area contributed by atoms with Crippen LogP contribution < -0.4 is 19.7 Å². The van der Waals surface area contributed by atoms with Crippen molar-refractivity contribution in [2.24, 2.45) is 0 Å². The summed E-state index contributed by atoms with van der Waals surface area (Å²) in [5, 5.41) is 9.14. The first-order valence-electron chi connectivity index (χ1n) is 9.25. The Morgan fingerprint density at radius 2 is 1.69 bits per heavy atom. The largest absolute Gasteiger partial charge is 0.487 e. The number of fused-ring (bicyclic) bond motifs is 1. The van der Waals surface area contributed by atoms with E-state index in [1.807, 2.05) is 11.0 Å². The van der Waals surface area contributed by atoms with Gasteiger partial charge in [-0.05, 0) is 30.3 Å². The first kappa shape index (κ1) is 19.2. The van der Waals surface area contributed by atoms with Crippen LogP contribution in [0.25, 0.3) is 0 Å². The van der Waals surface area contributed by atoms with E-state index >= 15 is 0 Å². The lowest BCUT2D eigenvalue weighted by Crippen LogP contribution is -2.48. The van der Waals surface area contributed by atoms with Gasteiger partial charge in [-0.1, -0.05) is 12.1 Å². The molecule has 1 fully saturated rings. The molecular weight excluding hydrogens is 396 g/mol. The van der Waals surface area contributed by atoms with Gasteiger partial charge in [-0.25, -0.2) is 13.2 Å². The third kappa shape index (κ3) is 3.51. The van der Waals surface area contributed by atoms with Crippen LogP contribution in [0.2, 0.25) is 0 Å². The monoisotopic (exact) mass is 418 g/mol. The summed E-state index contributed by atoms with van der Waals surface area (Å²) in [7, 11) is -3.80. The minimum absolute atomic E-state index is 0.130. The van der Waals surface area contributed by atoms with Crippen molar-refractivity contribution in [2.75, 3.05) is 54.3 Å². The number of amides is 1. The van der Waals surface area contributed by atoms with Gasteiger partial charge in [-0.3, -0.25) is 4.31 Å². The number of carbonyl (C=O) groups is 1. The molecule has 0 bridgehead atoms. The smallest absolute Gasteiger partial charge is 0.407 e. The summed E-state index contributed by atoms with van der Waals surface area (Å²) in [4.78, 5) is 14.7. The first-order chi connectivity index (χ1) is 13.9. The van der Waals surface area contributed by atoms with Crippen LogP contribution in [0, 0.1) is 0 Å². The summed E-state index contributed by atoms with van der Waals surface area (Å²) in [5.41, 5.74) is 7.39. The van der Waals surface area contributed by atoms with Crippen molar-refractivity contribution in [3.05, 3.63) is 42.5 Å². The number of hydrogen-bond donors (Lipinski definition) is 2. The molecule has 1 amide bonds. The van der Waals surface area contributed by atoms with Gasteiger partial charge in [0.25, 0.3) is 10.0 Å². The van der Waals surface area contributed by atoms with E-state index < -0.39 is 16.1 Å². The predicted molar refractivity (Wildman–Crippen MR) is 109 cm³/mol. The van der Waals surface area contributed by atoms with Crippen molar-refractivity contribution in [1.29, 1.82) is 0 Å². The second-order valence-electron chi connectivity index (χ2n) is 6.88. The summed E-state index contributed by atoms with van der Waals surface area (Å²) in [5.74, 6) is 0.495. The molecule has 4 rings (SSSR count). The molecule has 2 heterocycles. The maximum absolute atomic E-state index is 13.2. The molecule has 2 aliphatic rings. The third-order valence-corrected chi connectivity index (χ3v) is 6.93. The number of anilines is 3. The molecule has 0 saturated carbocycles. The van der Waals surface area contributed by atoms with Crippen LogP contribution in [0.3, 0.4) is 0 Å². The zero-order chi connectivity index (χ0) is 20.6. The zero-order valence-corrected chi connectivity index (χ0v) is 16.5. The molecule has 2 aromatic rings. The van der Waals surface area contributed by atoms with Crippen LogP contribution in [0.5, 0.6) is 5.75 Å². The average molecular weight is 418 g/mol. The van der Waals surface area contributed by atoms with Gasteiger partial charge >= 0.3 is 6.09 Å². The average Bonchev–Trinajstić information content (AvgIpc) is 2.73. The summed E-state index contributed by atoms with van der Waals surface area (Å²) in [6, 6.07) is 11.6. The highest BCUT2D eigenvalue weighted by Crippen LogP contribution is 2.42. The van der Waals surface area contributed by atoms with E-state index in [0.29, 0.717) is 43.3 Å². The number of hydrogen-bond acceptors (Lipinski definition) is 6. The van der Waals surface area contributed by atoms with Crippen LogP contribution in [0.15, 0.2) is 47.4 Å². The number of carboxylic acid groups (broad SMARTS) is 1. The molecule has 10 heteroatoms. The molecule has 0 spiro atoms. The van der Waals surface area contributed by atoms with Gasteiger partial charge in [0.2, 0.25) is 0 Å². The van der Waals surface area contributed by atoms with Crippen molar-refractivity contribution < 1.29 is 23.1 Å². The highest BCUT2D eigenvalue weighted by atomic mass is 32.2. The molecule has 0 radical (unpaired) electrons. The number of nitrogens with two attached hydrogens (primary N) is 1. The Kier molecular flexibility index (Phi) is 4.87. The standard InChI is InChI=1S/C19H22N4O5S/c20-14-3-1-4-15(13-14)29(26,27)23-11-12-28-18-16(5-2-6-17(18)23)21-7-9-22(10-8-21)19(24)25/h1-6,13H,7-12,20H2,(H,24,25). The molecule has 3 N–H and O–H groups in total. The lowest BCUT2D eigenvalue weighted by molar-refractivity contribution is 0.142. The Balaban J connectivity index is 1.67. The second-order valence-corrected chi connectivity index (χ2v) is 8.74. The van der Waals surface area contributed by atoms with Crippen molar-refractivity contribution in [3.63, 3.8) is 0 Å². The Morgan fingerprint density at radius 3 is 2.38 bits per heavy atom. The predicted octanol–water partition coefficient (Wildman–Crippen LogP) is 1.66. The van der Waals surface area contributed by atoms with E-state index in [-0.39, 0.29) is 18.0 Å². The van der Waals surface area contributed by atoms with E-state index in [9.17, 15) is 13.2 Å². The Hall–Kier alpha value is -3.14. The number of piperazine rings is 1. The van der Waals surface area contributed by atoms with Crippen LogP contribution in [0.1, 0.15) is 0 Å². The third-order valence-electron chi connectivity index (χ3n) is 5.12. The van der Waals surface area contributed by atoms with Gasteiger partial charge in [-0.2, -0.15) is 0 Å². The Labute approximate surface area is 168 Å². The van der Waals surface area contributed by atoms with Crippen LogP contribution in [-0.2, 0) is 10.0 Å². The highest BCUT2D eigenvalue weighted by Gasteiger charge is 2.33. The number of rotatable bonds is 3. The molecular formula is C19H22N4O5S. The van der Waals surface area contributed by atoms with E-state index in [1.165, 1.54) is 21.3 Å². The van der Waals surface area contributed by atoms with Crippen molar-refractivity contribution in [2.45, 2.75) is 4.90 Å². The molecule has 154 valence electrons. The number of sulfonamides is 1. The molecule has 0 atom stereocenters. The quantitative estimate of drug-likeness (QED) is 0.728. The molecule has 0 unspecified atom stereocenters. The SMILES string of the molecule is Nc1cccc(S(=O)(=O)N2CCOc3c(N4CCN(C(=O)O)CC4)cccc32)c1. The number of ether oxygens (including phenoxy) is 1. The lowest BCUT2D eigenvalue weighted by Gasteiger charge is -2.38. The van der Waals surface area contributed by atoms with Crippen molar-refractivity contribution in [3.8, 4) is 5.75 Å². The fraction of sp³-hybridized carbons (Fsp3) is 0.316. The van der Waals surface area contributed by atoms with Crippen LogP contribution in [0.4, 0.5) is 21.9 Å². The van der Waals surface area contributed by atoms with Gasteiger partial charge < -0.3 is 25.4 Å². The highest BCUT2D eigenvalue weighted by molar-refractivity contribution is 7.92. The lowest BCUT2D eigenvalue weighted by atomic mass is 10.2. The van der Waals surface area contributed by atoms with Gasteiger partial charge in [0, 0.05) is 31.9 Å². The van der Waals surface area contributed by atoms with E-state index in [4.69, 9.17) is 15.6 Å². The molecule has 9 nitrogen and oxygen atoms in total. The van der Waals surface area contributed by atoms with E-state index in [1.54, 1.807) is 24.3 Å². The number of nitrogen functional groups attached to an aromatic ring is 1. The first-order valence-corrected chi connectivity index (χ1v) is 10.7. The molecule has 2 aromatic carbocycles. The normalized spacial score (nSPS) is 16.9. The summed E-state index contributed by atoms with van der Waals surface area (Å²) in [6.45, 7) is 2.19. The Morgan fingerprint density at radius 1 is 1.00 bits per heavy atom. The molecule has 1 saturated heterocycles. The maximum atomic E-state index is 13.2. The fourth-order valence-corrected chi connectivity index (χ4v) is 5.16. The van der Waals surface area contributed by atoms with Crippen molar-refractivity contribution >= 4 is 33.2 Å². The second kappa shape index (κ2) is 7.36. The minimum atomic E-state index is -3.80. The number of nitrogens with zero attached hydrogens (tertiary/aromatic N) is 3. The molecule has 0 aromatic heterocycles. The summed E-state index contributed by atoms with van der Waals surface area (Å²) in [6.07, 6.45) is -0.935. The summed E-state index contributed by atoms with van der Waals surface area (Å²) >= 11 is 0. The van der Waals surface area contributed by atoms with Gasteiger partial charge in [0.1, 0.15) is 6.61 Å². The molecule has 29 heavy (non-hydrogen) atoms. The zero-order valence-electron chi connectivity index (χ0n) is 15.7. The topological polar surface area (TPSA) is 116 Å². The number of para-hydroxylation sites is 1. The van der Waals surface area contributed by atoms with Gasteiger partial charge in [0.05, 0.1) is 22.8 Å². The molecule has 0 aliphatic carbocycles. The molecule has 2 aliphatic heterocycles. The van der Waals surface area contributed by atoms with Crippen molar-refractivity contribution in [1.82, 2.24) is 4.90 Å². The minimum Gasteiger partial charge on any atom is -0.487 e. The van der Waals surface area contributed by atoms with Crippen LogP contribution >= 0.6 is 0 Å². The van der Waals surface area contributed by atoms with E-state index in [0.717, 1.165) is 5.69 Å². The summed E-state index contributed by atoms with van der Waals surface area (Å²) < 4.78 is 33.7. The van der Waals surface area contributed by atoms with Gasteiger partial charge in [-0.15, -0.1) is 0 Å². The fourth-order valence-electron chi connectivity index (χ4n) is 3.65.